The van der Waals surface area contributed by atoms with Crippen molar-refractivity contribution in [2.24, 2.45) is 0 Å². The number of thioether (sulfide) groups is 1. The van der Waals surface area contributed by atoms with Crippen LogP contribution in [0.15, 0.2) is 35.5 Å². The second kappa shape index (κ2) is 6.32. The van der Waals surface area contributed by atoms with Crippen molar-refractivity contribution in [1.82, 2.24) is 8.10 Å². The summed E-state index contributed by atoms with van der Waals surface area (Å²) in [7, 11) is 0. The Bertz CT molecular complexity index is 585. The lowest BCUT2D eigenvalue weighted by Crippen LogP contribution is -2.27. The standard InChI is InChI=1S/C14H14IN2S.Al/c15-17-8-5-12(6-9-17)18-14-3-1-2-11-4-7-16-10-13(11)14;/h2-4,7,10,12H,5-6,8-9H2;. The highest BCUT2D eigenvalue weighted by Gasteiger charge is 2.19. The zero-order valence-electron chi connectivity index (χ0n) is 10.6. The van der Waals surface area contributed by atoms with Crippen LogP contribution in [0.5, 0.6) is 0 Å². The van der Waals surface area contributed by atoms with Gasteiger partial charge in [-0.25, -0.2) is 3.11 Å². The minimum atomic E-state index is 0.737. The van der Waals surface area contributed by atoms with E-state index in [1.807, 2.05) is 24.2 Å². The van der Waals surface area contributed by atoms with Gasteiger partial charge in [0.2, 0.25) is 0 Å². The Morgan fingerprint density at radius 3 is 2.89 bits per heavy atom. The van der Waals surface area contributed by atoms with Crippen molar-refractivity contribution in [3.63, 3.8) is 0 Å². The van der Waals surface area contributed by atoms with Gasteiger partial charge in [0.05, 0.1) is 0 Å². The molecule has 96 valence electrons. The van der Waals surface area contributed by atoms with Gasteiger partial charge in [-0.15, -0.1) is 16.2 Å². The molecule has 1 aliphatic rings. The Kier molecular flexibility index (Phi) is 4.71. The third kappa shape index (κ3) is 3.45. The average Bonchev–Trinajstić information content (AvgIpc) is 2.41. The first-order valence-corrected chi connectivity index (χ1v) is 8.85. The number of benzene rings is 1. The quantitative estimate of drug-likeness (QED) is 0.441. The van der Waals surface area contributed by atoms with Gasteiger partial charge in [-0.05, 0) is 24.3 Å². The van der Waals surface area contributed by atoms with E-state index in [-0.39, 0.29) is 0 Å². The molecule has 1 aliphatic heterocycles. The van der Waals surface area contributed by atoms with Crippen molar-refractivity contribution in [2.45, 2.75) is 23.0 Å². The Morgan fingerprint density at radius 1 is 1.32 bits per heavy atom. The molecule has 0 amide bonds. The van der Waals surface area contributed by atoms with E-state index < -0.39 is 0 Å². The summed E-state index contributed by atoms with van der Waals surface area (Å²) in [6.45, 7) is 2.41. The van der Waals surface area contributed by atoms with Gasteiger partial charge in [0.1, 0.15) is 0 Å². The molecule has 5 heteroatoms. The SMILES string of the molecule is [Al][c]1cc(SC2CCN(I)CC2)c2cnccc2c1. The van der Waals surface area contributed by atoms with Crippen molar-refractivity contribution < 1.29 is 0 Å². The Labute approximate surface area is 140 Å². The molecule has 1 aromatic carbocycles. The van der Waals surface area contributed by atoms with E-state index in [4.69, 9.17) is 0 Å². The first kappa shape index (κ1) is 14.2. The van der Waals surface area contributed by atoms with E-state index in [9.17, 15) is 0 Å². The van der Waals surface area contributed by atoms with E-state index in [2.05, 4.69) is 65.5 Å². The lowest BCUT2D eigenvalue weighted by atomic mass is 10.2. The molecule has 0 atom stereocenters. The van der Waals surface area contributed by atoms with Gasteiger partial charge in [0.15, 0.2) is 16.3 Å². The Hall–Kier alpha value is 0.202. The molecule has 1 fully saturated rings. The van der Waals surface area contributed by atoms with Crippen molar-refractivity contribution in [2.75, 3.05) is 13.1 Å². The van der Waals surface area contributed by atoms with Crippen molar-refractivity contribution in [3.8, 4) is 0 Å². The molecular weight excluding hydrogens is 382 g/mol. The number of aromatic nitrogens is 1. The fourth-order valence-electron chi connectivity index (χ4n) is 2.41. The molecule has 19 heavy (non-hydrogen) atoms. The third-order valence-corrected chi connectivity index (χ3v) is 6.12. The van der Waals surface area contributed by atoms with Gasteiger partial charge in [-0.2, -0.15) is 0 Å². The number of hydrogen-bond donors (Lipinski definition) is 0. The molecule has 2 heterocycles. The molecular formula is C14H14AlIN2S. The topological polar surface area (TPSA) is 16.1 Å². The molecule has 0 bridgehead atoms. The smallest absolute Gasteiger partial charge is 0.175 e. The summed E-state index contributed by atoms with van der Waals surface area (Å²) in [6.07, 6.45) is 6.41. The Balaban J connectivity index is 1.88. The molecule has 2 radical (unpaired) electrons. The molecule has 0 aliphatic carbocycles. The average molecular weight is 396 g/mol. The van der Waals surface area contributed by atoms with Crippen molar-refractivity contribution >= 4 is 66.1 Å². The summed E-state index contributed by atoms with van der Waals surface area (Å²) in [6, 6.07) is 6.58. The summed E-state index contributed by atoms with van der Waals surface area (Å²) < 4.78 is 3.65. The van der Waals surface area contributed by atoms with E-state index in [0.717, 1.165) is 5.25 Å². The van der Waals surface area contributed by atoms with Gasteiger partial charge in [0.25, 0.3) is 0 Å². The fraction of sp³-hybridized carbons (Fsp3) is 0.357. The zero-order chi connectivity index (χ0) is 13.2. The summed E-state index contributed by atoms with van der Waals surface area (Å²) in [5, 5.41) is 3.31. The van der Waals surface area contributed by atoms with Gasteiger partial charge in [-0.1, -0.05) is 12.1 Å². The molecule has 1 aromatic heterocycles. The van der Waals surface area contributed by atoms with Crippen molar-refractivity contribution in [3.05, 3.63) is 30.6 Å². The van der Waals surface area contributed by atoms with Crippen LogP contribution in [-0.4, -0.2) is 42.7 Å². The van der Waals surface area contributed by atoms with Crippen LogP contribution in [0.25, 0.3) is 10.8 Å². The maximum atomic E-state index is 4.28. The van der Waals surface area contributed by atoms with Crippen LogP contribution >= 0.6 is 34.6 Å². The zero-order valence-corrected chi connectivity index (χ0v) is 14.7. The van der Waals surface area contributed by atoms with E-state index in [1.165, 1.54) is 46.0 Å². The highest BCUT2D eigenvalue weighted by molar-refractivity contribution is 14.1. The van der Waals surface area contributed by atoms with E-state index >= 15 is 0 Å². The van der Waals surface area contributed by atoms with E-state index in [0.29, 0.717) is 0 Å². The maximum absolute atomic E-state index is 4.28. The molecule has 2 nitrogen and oxygen atoms in total. The monoisotopic (exact) mass is 396 g/mol. The van der Waals surface area contributed by atoms with Gasteiger partial charge in [-0.3, -0.25) is 4.98 Å². The minimum absolute atomic E-state index is 0.737. The number of rotatable bonds is 2. The molecule has 0 saturated carbocycles. The first-order valence-electron chi connectivity index (χ1n) is 6.43. The number of halogens is 1. The lowest BCUT2D eigenvalue weighted by molar-refractivity contribution is 0.415. The van der Waals surface area contributed by atoms with E-state index in [1.54, 1.807) is 0 Å². The van der Waals surface area contributed by atoms with Gasteiger partial charge >= 0.3 is 0 Å². The van der Waals surface area contributed by atoms with Crippen molar-refractivity contribution in [1.29, 1.82) is 0 Å². The van der Waals surface area contributed by atoms with Crippen LogP contribution in [0, 0.1) is 0 Å². The number of pyridine rings is 1. The molecule has 1 saturated heterocycles. The summed E-state index contributed by atoms with van der Waals surface area (Å²) in [4.78, 5) is 5.66. The number of piperidine rings is 1. The summed E-state index contributed by atoms with van der Waals surface area (Å²) >= 11 is 7.27. The van der Waals surface area contributed by atoms with Crippen LogP contribution in [0.2, 0.25) is 0 Å². The maximum Gasteiger partial charge on any atom is 0.175 e. The molecule has 0 N–H and O–H groups in total. The second-order valence-corrected chi connectivity index (χ2v) is 8.22. The van der Waals surface area contributed by atoms with Crippen LogP contribution < -0.4 is 4.43 Å². The fourth-order valence-corrected chi connectivity index (χ4v) is 4.74. The molecule has 0 unspecified atom stereocenters. The first-order chi connectivity index (χ1) is 9.22. The Morgan fingerprint density at radius 2 is 2.11 bits per heavy atom. The molecule has 0 spiro atoms. The molecule has 2 aromatic rings. The van der Waals surface area contributed by atoms with Crippen LogP contribution in [0.4, 0.5) is 0 Å². The van der Waals surface area contributed by atoms with Crippen LogP contribution in [0.1, 0.15) is 12.8 Å². The normalized spacial score (nSPS) is 17.9. The summed E-state index contributed by atoms with van der Waals surface area (Å²) in [5.74, 6) is 0. The number of nitrogens with zero attached hydrogens (tertiary/aromatic N) is 2. The summed E-state index contributed by atoms with van der Waals surface area (Å²) in [5.41, 5.74) is 0. The third-order valence-electron chi connectivity index (χ3n) is 3.42. The minimum Gasteiger partial charge on any atom is -0.264 e. The predicted molar refractivity (Wildman–Crippen MR) is 91.6 cm³/mol. The van der Waals surface area contributed by atoms with Crippen LogP contribution in [-0.2, 0) is 0 Å². The predicted octanol–water partition coefficient (Wildman–Crippen LogP) is 2.94. The molecule has 3 rings (SSSR count). The number of fused-ring (bicyclic) bond motifs is 1. The van der Waals surface area contributed by atoms with Gasteiger partial charge in [0, 0.05) is 63.9 Å². The second-order valence-electron chi connectivity index (χ2n) is 4.84. The van der Waals surface area contributed by atoms with Crippen LogP contribution in [0.3, 0.4) is 0 Å². The number of hydrogen-bond acceptors (Lipinski definition) is 3. The van der Waals surface area contributed by atoms with Gasteiger partial charge < -0.3 is 0 Å². The largest absolute Gasteiger partial charge is 0.264 e. The lowest BCUT2D eigenvalue weighted by Gasteiger charge is -2.27. The highest BCUT2D eigenvalue weighted by Crippen LogP contribution is 2.34. The highest BCUT2D eigenvalue weighted by atomic mass is 127.